The molecule has 7 nitrogen and oxygen atoms in total. The molecule has 3 rings (SSSR count). The van der Waals surface area contributed by atoms with E-state index in [0.29, 0.717) is 11.3 Å². The molecule has 0 atom stereocenters. The van der Waals surface area contributed by atoms with Gasteiger partial charge in [-0.05, 0) is 58.6 Å². The summed E-state index contributed by atoms with van der Waals surface area (Å²) in [4.78, 5) is 23.6. The van der Waals surface area contributed by atoms with Gasteiger partial charge in [-0.1, -0.05) is 18.6 Å². The lowest BCUT2D eigenvalue weighted by Crippen LogP contribution is -2.58. The fourth-order valence-corrected chi connectivity index (χ4v) is 3.74. The minimum absolute atomic E-state index is 0.144. The number of carbonyl (C=O) groups is 1. The standard InChI is InChI=1S/C19H28N6O/c1-18(2,3)23-15(26)13-9-5-6-10-14(13)25-17(21)22-16(20)24-19(25)11-7-4-8-12-19/h5-6,9-10H,4,7-8,11-12H2,1-3H3,(H,23,26)(H4,20,21,22,24). The van der Waals surface area contributed by atoms with Crippen molar-refractivity contribution in [3.05, 3.63) is 29.8 Å². The van der Waals surface area contributed by atoms with Gasteiger partial charge in [0.1, 0.15) is 5.66 Å². The van der Waals surface area contributed by atoms with Crippen LogP contribution in [0.4, 0.5) is 5.69 Å². The van der Waals surface area contributed by atoms with Crippen LogP contribution in [0.15, 0.2) is 34.3 Å². The maximum Gasteiger partial charge on any atom is 0.253 e. The van der Waals surface area contributed by atoms with E-state index in [0.717, 1.165) is 32.1 Å². The molecule has 0 saturated heterocycles. The molecule has 2 aliphatic rings. The van der Waals surface area contributed by atoms with Gasteiger partial charge in [0.2, 0.25) is 11.9 Å². The predicted octanol–water partition coefficient (Wildman–Crippen LogP) is 2.32. The van der Waals surface area contributed by atoms with Crippen LogP contribution in [-0.2, 0) is 0 Å². The Morgan fingerprint density at radius 2 is 1.81 bits per heavy atom. The summed E-state index contributed by atoms with van der Waals surface area (Å²) in [6, 6.07) is 7.45. The number of aliphatic imine (C=N–C) groups is 2. The summed E-state index contributed by atoms with van der Waals surface area (Å²) >= 11 is 0. The predicted molar refractivity (Wildman–Crippen MR) is 105 cm³/mol. The number of anilines is 1. The van der Waals surface area contributed by atoms with Crippen LogP contribution >= 0.6 is 0 Å². The maximum absolute atomic E-state index is 12.9. The second-order valence-electron chi connectivity index (χ2n) is 8.04. The molecule has 1 saturated carbocycles. The van der Waals surface area contributed by atoms with Gasteiger partial charge in [-0.25, -0.2) is 4.99 Å². The molecule has 0 bridgehead atoms. The molecule has 0 aromatic heterocycles. The Bertz CT molecular complexity index is 756. The molecule has 140 valence electrons. The summed E-state index contributed by atoms with van der Waals surface area (Å²) in [6.45, 7) is 5.87. The minimum Gasteiger partial charge on any atom is -0.369 e. The first-order chi connectivity index (χ1) is 12.2. The van der Waals surface area contributed by atoms with E-state index >= 15 is 0 Å². The zero-order valence-electron chi connectivity index (χ0n) is 15.7. The summed E-state index contributed by atoms with van der Waals surface area (Å²) in [5, 5.41) is 3.02. The highest BCUT2D eigenvalue weighted by Gasteiger charge is 2.43. The molecular weight excluding hydrogens is 328 g/mol. The van der Waals surface area contributed by atoms with Crippen LogP contribution in [-0.4, -0.2) is 29.0 Å². The molecule has 1 aliphatic heterocycles. The number of nitrogens with two attached hydrogens (primary N) is 2. The van der Waals surface area contributed by atoms with E-state index < -0.39 is 5.66 Å². The van der Waals surface area contributed by atoms with E-state index in [1.165, 1.54) is 0 Å². The first kappa shape index (κ1) is 18.2. The lowest BCUT2D eigenvalue weighted by Gasteiger charge is -2.46. The van der Waals surface area contributed by atoms with Crippen LogP contribution in [0, 0.1) is 0 Å². The molecule has 1 heterocycles. The van der Waals surface area contributed by atoms with Gasteiger partial charge in [0.05, 0.1) is 11.3 Å². The van der Waals surface area contributed by atoms with Crippen LogP contribution in [0.3, 0.4) is 0 Å². The van der Waals surface area contributed by atoms with Gasteiger partial charge in [-0.2, -0.15) is 4.99 Å². The molecule has 0 unspecified atom stereocenters. The van der Waals surface area contributed by atoms with Gasteiger partial charge in [-0.3, -0.25) is 9.69 Å². The van der Waals surface area contributed by atoms with Crippen LogP contribution in [0.25, 0.3) is 0 Å². The summed E-state index contributed by atoms with van der Waals surface area (Å²) in [7, 11) is 0. The highest BCUT2D eigenvalue weighted by Crippen LogP contribution is 2.40. The van der Waals surface area contributed by atoms with Crippen molar-refractivity contribution in [2.75, 3.05) is 4.90 Å². The van der Waals surface area contributed by atoms with Crippen molar-refractivity contribution in [2.45, 2.75) is 64.1 Å². The Morgan fingerprint density at radius 1 is 1.15 bits per heavy atom. The second kappa shape index (κ2) is 6.63. The van der Waals surface area contributed by atoms with Gasteiger partial charge in [0.25, 0.3) is 5.91 Å². The summed E-state index contributed by atoms with van der Waals surface area (Å²) < 4.78 is 0. The number of nitrogens with one attached hydrogen (secondary N) is 1. The minimum atomic E-state index is -0.563. The van der Waals surface area contributed by atoms with Gasteiger partial charge in [0, 0.05) is 5.54 Å². The van der Waals surface area contributed by atoms with Crippen LogP contribution in [0.5, 0.6) is 0 Å². The van der Waals surface area contributed by atoms with E-state index in [-0.39, 0.29) is 23.4 Å². The molecule has 5 N–H and O–H groups in total. The molecule has 7 heteroatoms. The van der Waals surface area contributed by atoms with Crippen molar-refractivity contribution >= 4 is 23.5 Å². The quantitative estimate of drug-likeness (QED) is 0.755. The van der Waals surface area contributed by atoms with Gasteiger partial charge < -0.3 is 16.8 Å². The number of guanidine groups is 2. The first-order valence-corrected chi connectivity index (χ1v) is 9.13. The zero-order chi connectivity index (χ0) is 18.9. The zero-order valence-corrected chi connectivity index (χ0v) is 15.7. The number of hydrogen-bond acceptors (Lipinski definition) is 6. The molecule has 26 heavy (non-hydrogen) atoms. The topological polar surface area (TPSA) is 109 Å². The lowest BCUT2D eigenvalue weighted by molar-refractivity contribution is 0.0920. The van der Waals surface area contributed by atoms with Crippen LogP contribution < -0.4 is 21.7 Å². The Hall–Kier alpha value is -2.57. The smallest absolute Gasteiger partial charge is 0.253 e. The highest BCUT2D eigenvalue weighted by molar-refractivity contribution is 6.10. The molecule has 1 spiro atoms. The Balaban J connectivity index is 2.07. The molecule has 1 fully saturated rings. The summed E-state index contributed by atoms with van der Waals surface area (Å²) in [5.41, 5.74) is 12.6. The van der Waals surface area contributed by atoms with Crippen LogP contribution in [0.2, 0.25) is 0 Å². The summed E-state index contributed by atoms with van der Waals surface area (Å²) in [5.74, 6) is 0.349. The van der Waals surface area contributed by atoms with Crippen molar-refractivity contribution in [3.8, 4) is 0 Å². The second-order valence-corrected chi connectivity index (χ2v) is 8.04. The van der Waals surface area contributed by atoms with Crippen LogP contribution in [0.1, 0.15) is 63.2 Å². The normalized spacial score (nSPS) is 19.7. The first-order valence-electron chi connectivity index (χ1n) is 9.13. The van der Waals surface area contributed by atoms with E-state index in [1.807, 2.05) is 49.9 Å². The van der Waals surface area contributed by atoms with Crippen molar-refractivity contribution in [2.24, 2.45) is 21.5 Å². The van der Waals surface area contributed by atoms with Gasteiger partial charge in [-0.15, -0.1) is 0 Å². The Kier molecular flexibility index (Phi) is 4.64. The molecule has 1 aromatic carbocycles. The molecule has 1 amide bonds. The number of benzene rings is 1. The molecule has 1 aromatic rings. The van der Waals surface area contributed by atoms with E-state index in [9.17, 15) is 4.79 Å². The van der Waals surface area contributed by atoms with E-state index in [2.05, 4.69) is 15.3 Å². The van der Waals surface area contributed by atoms with E-state index in [1.54, 1.807) is 0 Å². The third-order valence-electron chi connectivity index (χ3n) is 4.73. The third kappa shape index (κ3) is 3.52. The third-order valence-corrected chi connectivity index (χ3v) is 4.73. The molecule has 0 radical (unpaired) electrons. The fourth-order valence-electron chi connectivity index (χ4n) is 3.74. The van der Waals surface area contributed by atoms with Gasteiger partial charge in [0.15, 0.2) is 0 Å². The average molecular weight is 356 g/mol. The SMILES string of the molecule is CC(C)(C)NC(=O)c1ccccc1N1C(N)=NC(N)=NC12CCCCC2. The Morgan fingerprint density at radius 3 is 2.46 bits per heavy atom. The number of nitrogens with zero attached hydrogens (tertiary/aromatic N) is 3. The fraction of sp³-hybridized carbons (Fsp3) is 0.526. The highest BCUT2D eigenvalue weighted by atomic mass is 16.1. The number of carbonyl (C=O) groups excluding carboxylic acids is 1. The number of hydrogen-bond donors (Lipinski definition) is 3. The number of para-hydroxylation sites is 1. The molecular formula is C19H28N6O. The summed E-state index contributed by atoms with van der Waals surface area (Å²) in [6.07, 6.45) is 4.90. The number of rotatable bonds is 2. The van der Waals surface area contributed by atoms with Crippen molar-refractivity contribution < 1.29 is 4.79 Å². The maximum atomic E-state index is 12.9. The lowest BCUT2D eigenvalue weighted by atomic mass is 9.87. The monoisotopic (exact) mass is 356 g/mol. The van der Waals surface area contributed by atoms with E-state index in [4.69, 9.17) is 11.5 Å². The van der Waals surface area contributed by atoms with Gasteiger partial charge >= 0.3 is 0 Å². The van der Waals surface area contributed by atoms with Crippen molar-refractivity contribution in [3.63, 3.8) is 0 Å². The molecule has 1 aliphatic carbocycles. The largest absolute Gasteiger partial charge is 0.369 e. The van der Waals surface area contributed by atoms with Crippen molar-refractivity contribution in [1.29, 1.82) is 0 Å². The Labute approximate surface area is 154 Å². The number of amides is 1. The average Bonchev–Trinajstić information content (AvgIpc) is 2.53. The van der Waals surface area contributed by atoms with Crippen molar-refractivity contribution in [1.82, 2.24) is 5.32 Å².